The van der Waals surface area contributed by atoms with Crippen LogP contribution in [-0.2, 0) is 6.42 Å². The number of hydrogen-bond donors (Lipinski definition) is 2. The van der Waals surface area contributed by atoms with Gasteiger partial charge in [0.15, 0.2) is 0 Å². The zero-order valence-electron chi connectivity index (χ0n) is 11.1. The molecule has 3 nitrogen and oxygen atoms in total. The van der Waals surface area contributed by atoms with Crippen LogP contribution < -0.4 is 16.0 Å². The van der Waals surface area contributed by atoms with Crippen molar-refractivity contribution in [3.05, 3.63) is 62.5 Å². The zero-order chi connectivity index (χ0) is 14.5. The summed E-state index contributed by atoms with van der Waals surface area (Å²) in [5.41, 5.74) is 5.10. The molecule has 0 aliphatic carbocycles. The van der Waals surface area contributed by atoms with Gasteiger partial charge in [-0.05, 0) is 47.9 Å². The molecule has 0 saturated carbocycles. The van der Waals surface area contributed by atoms with Gasteiger partial charge in [0.05, 0.1) is 13.2 Å². The molecule has 2 rings (SSSR count). The first-order valence-electron chi connectivity index (χ1n) is 6.18. The molecular weight excluding hydrogens is 384 g/mol. The van der Waals surface area contributed by atoms with Crippen LogP contribution in [0.3, 0.4) is 0 Å². The van der Waals surface area contributed by atoms with Gasteiger partial charge in [-0.15, -0.1) is 0 Å². The lowest BCUT2D eigenvalue weighted by Gasteiger charge is -2.18. The minimum atomic E-state index is 0.0238. The van der Waals surface area contributed by atoms with Crippen molar-refractivity contribution in [1.82, 2.24) is 5.43 Å². The second-order valence-electron chi connectivity index (χ2n) is 4.43. The first kappa shape index (κ1) is 15.5. The van der Waals surface area contributed by atoms with Gasteiger partial charge in [0.25, 0.3) is 0 Å². The Morgan fingerprint density at radius 1 is 1.15 bits per heavy atom. The molecule has 0 radical (unpaired) electrons. The highest BCUT2D eigenvalue weighted by molar-refractivity contribution is 9.10. The molecular formula is C15H16Br2N2O. The topological polar surface area (TPSA) is 47.3 Å². The molecule has 2 aromatic carbocycles. The molecule has 0 spiro atoms. The fourth-order valence-corrected chi connectivity index (χ4v) is 2.95. The van der Waals surface area contributed by atoms with Crippen LogP contribution in [0, 0.1) is 0 Å². The Labute approximate surface area is 135 Å². The van der Waals surface area contributed by atoms with Gasteiger partial charge in [-0.2, -0.15) is 0 Å². The number of benzene rings is 2. The normalized spacial score (nSPS) is 12.2. The molecule has 20 heavy (non-hydrogen) atoms. The fourth-order valence-electron chi connectivity index (χ4n) is 2.12. The van der Waals surface area contributed by atoms with Crippen molar-refractivity contribution in [2.75, 3.05) is 7.11 Å². The quantitative estimate of drug-likeness (QED) is 0.590. The molecule has 0 aliphatic rings. The van der Waals surface area contributed by atoms with Crippen molar-refractivity contribution in [2.45, 2.75) is 12.5 Å². The van der Waals surface area contributed by atoms with Crippen molar-refractivity contribution in [2.24, 2.45) is 5.84 Å². The molecule has 0 fully saturated rings. The van der Waals surface area contributed by atoms with Crippen LogP contribution in [0.2, 0.25) is 0 Å². The summed E-state index contributed by atoms with van der Waals surface area (Å²) in [7, 11) is 1.68. The van der Waals surface area contributed by atoms with Gasteiger partial charge in [-0.3, -0.25) is 11.3 Å². The summed E-state index contributed by atoms with van der Waals surface area (Å²) in [5, 5.41) is 0. The third-order valence-electron chi connectivity index (χ3n) is 3.12. The Morgan fingerprint density at radius 2 is 1.90 bits per heavy atom. The van der Waals surface area contributed by atoms with Crippen LogP contribution >= 0.6 is 31.9 Å². The van der Waals surface area contributed by atoms with E-state index in [1.165, 1.54) is 0 Å². The van der Waals surface area contributed by atoms with Crippen LogP contribution in [0.1, 0.15) is 17.2 Å². The summed E-state index contributed by atoms with van der Waals surface area (Å²) in [4.78, 5) is 0. The summed E-state index contributed by atoms with van der Waals surface area (Å²) in [6, 6.07) is 14.1. The van der Waals surface area contributed by atoms with Gasteiger partial charge < -0.3 is 4.74 Å². The van der Waals surface area contributed by atoms with Crippen LogP contribution in [0.4, 0.5) is 0 Å². The molecule has 1 unspecified atom stereocenters. The van der Waals surface area contributed by atoms with E-state index in [0.29, 0.717) is 0 Å². The smallest absolute Gasteiger partial charge is 0.122 e. The lowest BCUT2D eigenvalue weighted by Crippen LogP contribution is -2.29. The van der Waals surface area contributed by atoms with E-state index >= 15 is 0 Å². The first-order valence-corrected chi connectivity index (χ1v) is 7.76. The van der Waals surface area contributed by atoms with E-state index in [2.05, 4.69) is 55.5 Å². The number of halogens is 2. The molecule has 0 aliphatic heterocycles. The SMILES string of the molecule is COc1ccc(Br)cc1CC(NN)c1cccc(Br)c1. The molecule has 3 N–H and O–H groups in total. The number of hydrogen-bond acceptors (Lipinski definition) is 3. The summed E-state index contributed by atoms with van der Waals surface area (Å²) >= 11 is 6.97. The van der Waals surface area contributed by atoms with Crippen LogP contribution in [0.15, 0.2) is 51.4 Å². The Morgan fingerprint density at radius 3 is 2.55 bits per heavy atom. The third-order valence-corrected chi connectivity index (χ3v) is 4.11. The third kappa shape index (κ3) is 3.82. The average Bonchev–Trinajstić information content (AvgIpc) is 2.45. The van der Waals surface area contributed by atoms with Crippen molar-refractivity contribution in [1.29, 1.82) is 0 Å². The van der Waals surface area contributed by atoms with Gasteiger partial charge in [0.2, 0.25) is 0 Å². The van der Waals surface area contributed by atoms with Crippen LogP contribution in [-0.4, -0.2) is 7.11 Å². The molecule has 0 amide bonds. The largest absolute Gasteiger partial charge is 0.496 e. The lowest BCUT2D eigenvalue weighted by molar-refractivity contribution is 0.405. The van der Waals surface area contributed by atoms with E-state index in [-0.39, 0.29) is 6.04 Å². The molecule has 5 heteroatoms. The van der Waals surface area contributed by atoms with Crippen molar-refractivity contribution in [3.63, 3.8) is 0 Å². The van der Waals surface area contributed by atoms with E-state index in [1.807, 2.05) is 24.3 Å². The summed E-state index contributed by atoms with van der Waals surface area (Å²) in [6.07, 6.45) is 0.746. The van der Waals surface area contributed by atoms with Crippen molar-refractivity contribution >= 4 is 31.9 Å². The van der Waals surface area contributed by atoms with Gasteiger partial charge in [0.1, 0.15) is 5.75 Å². The minimum absolute atomic E-state index is 0.0238. The first-order chi connectivity index (χ1) is 9.63. The number of rotatable bonds is 5. The predicted octanol–water partition coefficient (Wildman–Crippen LogP) is 3.97. The fraction of sp³-hybridized carbons (Fsp3) is 0.200. The van der Waals surface area contributed by atoms with Gasteiger partial charge in [-0.25, -0.2) is 0 Å². The molecule has 106 valence electrons. The highest BCUT2D eigenvalue weighted by Gasteiger charge is 2.14. The number of methoxy groups -OCH3 is 1. The van der Waals surface area contributed by atoms with Gasteiger partial charge >= 0.3 is 0 Å². The Bertz CT molecular complexity index is 590. The Hall–Kier alpha value is -0.880. The lowest BCUT2D eigenvalue weighted by atomic mass is 9.99. The number of hydrazine groups is 1. The van der Waals surface area contributed by atoms with Crippen molar-refractivity contribution < 1.29 is 4.74 Å². The second kappa shape index (κ2) is 7.22. The van der Waals surface area contributed by atoms with Crippen LogP contribution in [0.25, 0.3) is 0 Å². The van der Waals surface area contributed by atoms with Gasteiger partial charge in [-0.1, -0.05) is 44.0 Å². The standard InChI is InChI=1S/C15H16Br2N2O/c1-20-15-6-5-13(17)8-11(15)9-14(19-18)10-3-2-4-12(16)7-10/h2-8,14,19H,9,18H2,1H3. The molecule has 1 atom stereocenters. The van der Waals surface area contributed by atoms with E-state index in [1.54, 1.807) is 7.11 Å². The van der Waals surface area contributed by atoms with E-state index in [9.17, 15) is 0 Å². The highest BCUT2D eigenvalue weighted by Crippen LogP contribution is 2.28. The molecule has 2 aromatic rings. The number of ether oxygens (including phenoxy) is 1. The predicted molar refractivity (Wildman–Crippen MR) is 88.6 cm³/mol. The maximum Gasteiger partial charge on any atom is 0.122 e. The van der Waals surface area contributed by atoms with E-state index in [4.69, 9.17) is 10.6 Å². The monoisotopic (exact) mass is 398 g/mol. The second-order valence-corrected chi connectivity index (χ2v) is 6.27. The zero-order valence-corrected chi connectivity index (χ0v) is 14.2. The number of nitrogens with one attached hydrogen (secondary N) is 1. The molecule has 0 saturated heterocycles. The number of nitrogens with two attached hydrogens (primary N) is 1. The summed E-state index contributed by atoms with van der Waals surface area (Å²) in [6.45, 7) is 0. The van der Waals surface area contributed by atoms with Gasteiger partial charge in [0, 0.05) is 8.95 Å². The van der Waals surface area contributed by atoms with E-state index in [0.717, 1.165) is 32.2 Å². The summed E-state index contributed by atoms with van der Waals surface area (Å²) < 4.78 is 7.47. The highest BCUT2D eigenvalue weighted by atomic mass is 79.9. The summed E-state index contributed by atoms with van der Waals surface area (Å²) in [5.74, 6) is 6.58. The van der Waals surface area contributed by atoms with Crippen molar-refractivity contribution in [3.8, 4) is 5.75 Å². The maximum absolute atomic E-state index is 5.71. The van der Waals surface area contributed by atoms with E-state index < -0.39 is 0 Å². The van der Waals surface area contributed by atoms with Crippen LogP contribution in [0.5, 0.6) is 5.75 Å². The molecule has 0 bridgehead atoms. The molecule has 0 heterocycles. The average molecular weight is 400 g/mol. The Balaban J connectivity index is 2.28. The maximum atomic E-state index is 5.71. The minimum Gasteiger partial charge on any atom is -0.496 e. The Kier molecular flexibility index (Phi) is 5.60. The molecule has 0 aromatic heterocycles.